The molecule has 0 aliphatic carbocycles. The fourth-order valence-corrected chi connectivity index (χ4v) is 0. The van der Waals surface area contributed by atoms with Crippen LogP contribution >= 0.6 is 0 Å². The monoisotopic (exact) mass is 157 g/mol. The molecule has 6 heteroatoms. The van der Waals surface area contributed by atoms with Crippen molar-refractivity contribution in [3.8, 4) is 0 Å². The topological polar surface area (TPSA) is 54.4 Å². The van der Waals surface area contributed by atoms with Crippen molar-refractivity contribution in [1.29, 1.82) is 0 Å². The zero-order chi connectivity index (χ0) is 5.21. The SMILES string of the molecule is [CH2]CS(=O)(=O)O.[NaH].[NaH]. The van der Waals surface area contributed by atoms with Crippen LogP contribution in [-0.4, -0.2) is 77.8 Å². The van der Waals surface area contributed by atoms with Crippen LogP contribution in [0, 0.1) is 6.92 Å². The van der Waals surface area contributed by atoms with E-state index in [0.29, 0.717) is 0 Å². The summed E-state index contributed by atoms with van der Waals surface area (Å²) >= 11 is 0. The summed E-state index contributed by atoms with van der Waals surface area (Å²) in [6.07, 6.45) is 0. The molecule has 1 N–H and O–H groups in total. The molecular weight excluding hydrogens is 150 g/mol. The van der Waals surface area contributed by atoms with E-state index < -0.39 is 15.9 Å². The van der Waals surface area contributed by atoms with Gasteiger partial charge in [-0.05, 0) is 6.92 Å². The van der Waals surface area contributed by atoms with E-state index in [1.807, 2.05) is 0 Å². The van der Waals surface area contributed by atoms with E-state index in [4.69, 9.17) is 4.55 Å². The molecule has 0 aromatic rings. The Morgan fingerprint density at radius 2 is 1.50 bits per heavy atom. The molecule has 0 saturated carbocycles. The van der Waals surface area contributed by atoms with Crippen molar-refractivity contribution < 1.29 is 13.0 Å². The van der Waals surface area contributed by atoms with E-state index in [2.05, 4.69) is 6.92 Å². The van der Waals surface area contributed by atoms with Gasteiger partial charge in [0.05, 0.1) is 5.75 Å². The molecule has 0 aliphatic heterocycles. The molecule has 0 heterocycles. The number of rotatable bonds is 1. The maximum atomic E-state index is 9.49. The van der Waals surface area contributed by atoms with Crippen LogP contribution in [0.3, 0.4) is 0 Å². The van der Waals surface area contributed by atoms with E-state index in [-0.39, 0.29) is 59.1 Å². The first kappa shape index (κ1) is 16.5. The Morgan fingerprint density at radius 1 is 1.38 bits per heavy atom. The van der Waals surface area contributed by atoms with Gasteiger partial charge in [-0.3, -0.25) is 4.55 Å². The summed E-state index contributed by atoms with van der Waals surface area (Å²) in [6, 6.07) is 0. The van der Waals surface area contributed by atoms with Gasteiger partial charge in [-0.15, -0.1) is 0 Å². The molecule has 0 aromatic heterocycles. The molecule has 0 aromatic carbocycles. The van der Waals surface area contributed by atoms with Crippen LogP contribution in [-0.2, 0) is 10.1 Å². The molecule has 3 nitrogen and oxygen atoms in total. The van der Waals surface area contributed by atoms with Crippen LogP contribution in [0.15, 0.2) is 0 Å². The average molecular weight is 157 g/mol. The van der Waals surface area contributed by atoms with Gasteiger partial charge >= 0.3 is 59.1 Å². The van der Waals surface area contributed by atoms with Gasteiger partial charge in [0.1, 0.15) is 0 Å². The third-order valence-corrected chi connectivity index (χ3v) is 0.774. The zero-order valence-electron chi connectivity index (χ0n) is 3.09. The van der Waals surface area contributed by atoms with Crippen LogP contribution in [0.5, 0.6) is 0 Å². The molecule has 0 bridgehead atoms. The Morgan fingerprint density at radius 3 is 1.50 bits per heavy atom. The minimum atomic E-state index is -3.77. The van der Waals surface area contributed by atoms with Gasteiger partial charge in [0.15, 0.2) is 0 Å². The van der Waals surface area contributed by atoms with Crippen LogP contribution in [0.25, 0.3) is 0 Å². The van der Waals surface area contributed by atoms with Crippen molar-refractivity contribution in [2.45, 2.75) is 0 Å². The van der Waals surface area contributed by atoms with Crippen molar-refractivity contribution in [3.63, 3.8) is 0 Å². The fraction of sp³-hybridized carbons (Fsp3) is 0.500. The number of hydrogen-bond donors (Lipinski definition) is 1. The van der Waals surface area contributed by atoms with Crippen LogP contribution in [0.4, 0.5) is 0 Å². The average Bonchev–Trinajstić information content (AvgIpc) is 1.35. The summed E-state index contributed by atoms with van der Waals surface area (Å²) in [7, 11) is -3.77. The van der Waals surface area contributed by atoms with Crippen LogP contribution in [0.1, 0.15) is 0 Å². The molecule has 8 heavy (non-hydrogen) atoms. The van der Waals surface area contributed by atoms with Gasteiger partial charge in [-0.2, -0.15) is 8.42 Å². The Labute approximate surface area is 93.6 Å². The second kappa shape index (κ2) is 7.02. The fourth-order valence-electron chi connectivity index (χ4n) is 0. The first-order chi connectivity index (χ1) is 2.56. The van der Waals surface area contributed by atoms with Gasteiger partial charge in [-0.1, -0.05) is 0 Å². The second-order valence-corrected chi connectivity index (χ2v) is 2.36. The normalized spacial score (nSPS) is 8.75. The molecule has 41 valence electrons. The zero-order valence-corrected chi connectivity index (χ0v) is 3.90. The van der Waals surface area contributed by atoms with E-state index in [1.54, 1.807) is 0 Å². The standard InChI is InChI=1S/C2H5O3S.2Na.2H/c1-2-6(3,4)5;;;;/h1-2H2,(H,3,4,5);;;;. The molecule has 1 radical (unpaired) electrons. The first-order valence-corrected chi connectivity index (χ1v) is 2.91. The van der Waals surface area contributed by atoms with Crippen molar-refractivity contribution in [2.75, 3.05) is 5.75 Å². The van der Waals surface area contributed by atoms with Gasteiger partial charge in [-0.25, -0.2) is 0 Å². The third-order valence-electron chi connectivity index (χ3n) is 0.258. The van der Waals surface area contributed by atoms with Crippen LogP contribution in [0.2, 0.25) is 0 Å². The molecule has 0 spiro atoms. The van der Waals surface area contributed by atoms with Gasteiger partial charge in [0.2, 0.25) is 0 Å². The maximum absolute atomic E-state index is 9.49. The van der Waals surface area contributed by atoms with Crippen molar-refractivity contribution in [2.24, 2.45) is 0 Å². The Bertz CT molecular complexity index is 117. The van der Waals surface area contributed by atoms with Gasteiger partial charge in [0.25, 0.3) is 10.1 Å². The van der Waals surface area contributed by atoms with Gasteiger partial charge in [0, 0.05) is 0 Å². The Balaban J connectivity index is -0.000000125. The van der Waals surface area contributed by atoms with Crippen molar-refractivity contribution in [3.05, 3.63) is 6.92 Å². The Kier molecular flexibility index (Phi) is 14.5. The van der Waals surface area contributed by atoms with E-state index >= 15 is 0 Å². The molecule has 0 saturated heterocycles. The molecular formula is C2H7Na2O3S. The molecule has 0 fully saturated rings. The summed E-state index contributed by atoms with van der Waals surface area (Å²) in [4.78, 5) is 0. The molecule has 0 aliphatic rings. The summed E-state index contributed by atoms with van der Waals surface area (Å²) < 4.78 is 26.7. The molecule has 0 atom stereocenters. The Hall–Kier alpha value is 1.91. The van der Waals surface area contributed by atoms with Crippen LogP contribution < -0.4 is 0 Å². The number of hydrogen-bond acceptors (Lipinski definition) is 2. The van der Waals surface area contributed by atoms with Gasteiger partial charge < -0.3 is 0 Å². The summed E-state index contributed by atoms with van der Waals surface area (Å²) in [6.45, 7) is 2.92. The van der Waals surface area contributed by atoms with E-state index in [1.165, 1.54) is 0 Å². The quantitative estimate of drug-likeness (QED) is 0.369. The van der Waals surface area contributed by atoms with Crippen molar-refractivity contribution in [1.82, 2.24) is 0 Å². The predicted molar refractivity (Wildman–Crippen MR) is 36.1 cm³/mol. The molecule has 0 rings (SSSR count). The predicted octanol–water partition coefficient (Wildman–Crippen LogP) is -1.59. The minimum absolute atomic E-state index is 0. The molecule has 0 amide bonds. The summed E-state index contributed by atoms with van der Waals surface area (Å²) in [5, 5.41) is 0. The summed E-state index contributed by atoms with van der Waals surface area (Å²) in [5.41, 5.74) is 0. The molecule has 0 unspecified atom stereocenters. The van der Waals surface area contributed by atoms with Crippen molar-refractivity contribution >= 4 is 69.2 Å². The van der Waals surface area contributed by atoms with E-state index in [9.17, 15) is 8.42 Å². The summed E-state index contributed by atoms with van der Waals surface area (Å²) in [5.74, 6) is -0.451. The first-order valence-electron chi connectivity index (χ1n) is 1.30. The van der Waals surface area contributed by atoms with E-state index in [0.717, 1.165) is 0 Å². The second-order valence-electron chi connectivity index (χ2n) is 0.786. The third kappa shape index (κ3) is 15.7.